The molecule has 8 atom stereocenters. The van der Waals surface area contributed by atoms with Crippen LogP contribution in [-0.4, -0.2) is 171 Å². The van der Waals surface area contributed by atoms with Gasteiger partial charge in [-0.1, -0.05) is 12.8 Å². The smallest absolute Gasteiger partial charge is 0.220 e. The lowest BCUT2D eigenvalue weighted by Gasteiger charge is -2.22. The Kier molecular flexibility index (Phi) is 14.7. The summed E-state index contributed by atoms with van der Waals surface area (Å²) in [7, 11) is 3.75. The van der Waals surface area contributed by atoms with E-state index in [1.807, 2.05) is 23.9 Å². The Morgan fingerprint density at radius 2 is 1.05 bits per heavy atom. The lowest BCUT2D eigenvalue weighted by atomic mass is 10.1. The van der Waals surface area contributed by atoms with Crippen LogP contribution in [0.25, 0.3) is 22.3 Å². The summed E-state index contributed by atoms with van der Waals surface area (Å²) in [6, 6.07) is 0. The van der Waals surface area contributed by atoms with Crippen LogP contribution in [0.15, 0.2) is 25.3 Å². The molecule has 0 unspecified atom stereocenters. The number of rotatable bonds is 21. The number of anilines is 2. The zero-order chi connectivity index (χ0) is 41.3. The number of aliphatic hydroxyl groups is 4. The number of imidazole rings is 2. The highest BCUT2D eigenvalue weighted by atomic mass is 16.6. The van der Waals surface area contributed by atoms with E-state index in [-0.39, 0.29) is 23.5 Å². The topological polar surface area (TPSA) is 303 Å². The van der Waals surface area contributed by atoms with Gasteiger partial charge in [-0.25, -0.2) is 29.9 Å². The second kappa shape index (κ2) is 19.8. The SMILES string of the molecule is CN(CCCC(=O)NCCCCCCNC(=O)CCCN(C)C[C@H]1O[C@@H](n2cnc3c(N)ncnc32)[C@H](O)[C@@H]1O)C[C@H]1O[C@@H](n2cnc3c(N)ncnc32)[C@H](O)[C@@H]1O. The van der Waals surface area contributed by atoms with Crippen LogP contribution in [0.4, 0.5) is 11.6 Å². The van der Waals surface area contributed by atoms with Crippen LogP contribution in [0, 0.1) is 0 Å². The van der Waals surface area contributed by atoms with Crippen LogP contribution in [0.5, 0.6) is 0 Å². The lowest BCUT2D eigenvalue weighted by molar-refractivity contribution is -0.122. The van der Waals surface area contributed by atoms with Gasteiger partial charge in [-0.3, -0.25) is 18.7 Å². The number of hydrogen-bond donors (Lipinski definition) is 8. The number of aliphatic hydroxyl groups excluding tert-OH is 4. The molecule has 0 radical (unpaired) electrons. The molecule has 2 amide bonds. The third kappa shape index (κ3) is 10.3. The number of nitrogen functional groups attached to an aromatic ring is 2. The molecule has 0 aromatic carbocycles. The maximum absolute atomic E-state index is 12.4. The molecule has 2 aliphatic heterocycles. The summed E-state index contributed by atoms with van der Waals surface area (Å²) >= 11 is 0. The average molecular weight is 813 g/mol. The molecule has 0 saturated carbocycles. The van der Waals surface area contributed by atoms with E-state index in [1.165, 1.54) is 25.3 Å². The third-order valence-electron chi connectivity index (χ3n) is 10.6. The summed E-state index contributed by atoms with van der Waals surface area (Å²) < 4.78 is 15.1. The first-order valence-corrected chi connectivity index (χ1v) is 19.7. The van der Waals surface area contributed by atoms with Gasteiger partial charge in [0, 0.05) is 39.0 Å². The second-order valence-electron chi connectivity index (χ2n) is 15.1. The van der Waals surface area contributed by atoms with Crippen molar-refractivity contribution < 1.29 is 39.5 Å². The van der Waals surface area contributed by atoms with Gasteiger partial charge in [-0.2, -0.15) is 0 Å². The largest absolute Gasteiger partial charge is 0.387 e. The number of hydrogen-bond acceptors (Lipinski definition) is 18. The summed E-state index contributed by atoms with van der Waals surface area (Å²) in [5, 5.41) is 48.7. The fourth-order valence-electron chi connectivity index (χ4n) is 7.38. The Hall–Kier alpha value is -4.68. The maximum atomic E-state index is 12.4. The van der Waals surface area contributed by atoms with Gasteiger partial charge in [0.1, 0.15) is 60.3 Å². The fraction of sp³-hybridized carbons (Fsp3) is 0.667. The van der Waals surface area contributed by atoms with Crippen molar-refractivity contribution in [3.05, 3.63) is 25.3 Å². The van der Waals surface area contributed by atoms with Crippen LogP contribution < -0.4 is 22.1 Å². The quantitative estimate of drug-likeness (QED) is 0.0434. The van der Waals surface area contributed by atoms with E-state index < -0.39 is 49.1 Å². The van der Waals surface area contributed by atoms with Crippen molar-refractivity contribution in [3.8, 4) is 0 Å². The summed E-state index contributed by atoms with van der Waals surface area (Å²) in [6.07, 6.45) is 3.34. The van der Waals surface area contributed by atoms with Crippen molar-refractivity contribution in [2.24, 2.45) is 0 Å². The van der Waals surface area contributed by atoms with Gasteiger partial charge >= 0.3 is 0 Å². The number of nitrogens with zero attached hydrogens (tertiary/aromatic N) is 10. The third-order valence-corrected chi connectivity index (χ3v) is 10.6. The first kappa shape index (κ1) is 42.9. The molecule has 0 spiro atoms. The number of nitrogens with one attached hydrogen (secondary N) is 2. The van der Waals surface area contributed by atoms with Gasteiger partial charge in [-0.15, -0.1) is 0 Å². The molecule has 0 bridgehead atoms. The van der Waals surface area contributed by atoms with Gasteiger partial charge in [0.15, 0.2) is 35.4 Å². The Labute approximate surface area is 335 Å². The molecule has 22 heteroatoms. The molecule has 6 heterocycles. The van der Waals surface area contributed by atoms with Crippen LogP contribution >= 0.6 is 0 Å². The molecule has 22 nitrogen and oxygen atoms in total. The Morgan fingerprint density at radius 1 is 0.638 bits per heavy atom. The molecule has 4 aromatic heterocycles. The molecule has 0 aliphatic carbocycles. The predicted molar refractivity (Wildman–Crippen MR) is 209 cm³/mol. The van der Waals surface area contributed by atoms with Crippen molar-refractivity contribution >= 4 is 45.8 Å². The van der Waals surface area contributed by atoms with E-state index in [0.717, 1.165) is 25.7 Å². The van der Waals surface area contributed by atoms with E-state index >= 15 is 0 Å². The number of nitrogens with two attached hydrogens (primary N) is 2. The van der Waals surface area contributed by atoms with Gasteiger partial charge in [0.2, 0.25) is 11.8 Å². The van der Waals surface area contributed by atoms with Crippen molar-refractivity contribution in [2.75, 3.05) is 64.8 Å². The van der Waals surface area contributed by atoms with Crippen molar-refractivity contribution in [1.29, 1.82) is 0 Å². The van der Waals surface area contributed by atoms with Crippen molar-refractivity contribution in [1.82, 2.24) is 59.5 Å². The van der Waals surface area contributed by atoms with E-state index in [1.54, 1.807) is 9.13 Å². The lowest BCUT2D eigenvalue weighted by Crippen LogP contribution is -2.39. The fourth-order valence-corrected chi connectivity index (χ4v) is 7.38. The minimum absolute atomic E-state index is 0.0226. The molecule has 10 N–H and O–H groups in total. The number of unbranched alkanes of at least 4 members (excludes halogenated alkanes) is 3. The molecule has 2 saturated heterocycles. The van der Waals surface area contributed by atoms with E-state index in [9.17, 15) is 30.0 Å². The Bertz CT molecular complexity index is 1830. The number of aromatic nitrogens is 8. The number of ether oxygens (including phenoxy) is 2. The second-order valence-corrected chi connectivity index (χ2v) is 15.1. The number of amides is 2. The van der Waals surface area contributed by atoms with Crippen molar-refractivity contribution in [3.63, 3.8) is 0 Å². The van der Waals surface area contributed by atoms with Gasteiger partial charge in [0.25, 0.3) is 0 Å². The molecule has 4 aromatic rings. The number of carbonyl (C=O) groups is 2. The highest BCUT2D eigenvalue weighted by Gasteiger charge is 2.45. The molecule has 2 fully saturated rings. The summed E-state index contributed by atoms with van der Waals surface area (Å²) in [5.41, 5.74) is 13.3. The van der Waals surface area contributed by atoms with E-state index in [4.69, 9.17) is 20.9 Å². The number of carbonyl (C=O) groups excluding carboxylic acids is 2. The van der Waals surface area contributed by atoms with Gasteiger partial charge in [0.05, 0.1) is 12.7 Å². The normalized spacial score (nSPS) is 24.8. The average Bonchev–Trinajstić information content (AvgIpc) is 3.96. The summed E-state index contributed by atoms with van der Waals surface area (Å²) in [4.78, 5) is 53.3. The standard InChI is InChI=1S/C36H56N14O8/c1-47(15-21-27(53)29(55)35(57-21)49-19-45-25-31(37)41-17-43-33(25)49)13-7-9-23(51)39-11-5-3-4-6-12-40-24(52)10-8-14-48(2)16-22-28(54)30(56)36(58-22)50-20-46-26-32(38)42-18-44-34(26)50/h17-22,27-30,35-36,53-56H,3-16H2,1-2H3,(H,39,51)(H,40,52)(H2,37,41,43)(H2,38,42,44)/t21-,22-,27-,28-,29-,30-,35-,36-/m1/s1. The Balaban J connectivity index is 0.759. The minimum Gasteiger partial charge on any atom is -0.387 e. The highest BCUT2D eigenvalue weighted by Crippen LogP contribution is 2.33. The predicted octanol–water partition coefficient (Wildman–Crippen LogP) is -1.71. The molecule has 6 rings (SSSR count). The number of likely N-dealkylation sites (N-methyl/N-ethyl adjacent to an activating group) is 2. The van der Waals surface area contributed by atoms with Crippen LogP contribution in [0.1, 0.15) is 63.8 Å². The van der Waals surface area contributed by atoms with Crippen LogP contribution in [0.2, 0.25) is 0 Å². The molecular formula is C36H56N14O8. The summed E-state index contributed by atoms with van der Waals surface area (Å²) in [6.45, 7) is 3.09. The minimum atomic E-state index is -1.19. The zero-order valence-corrected chi connectivity index (χ0v) is 32.9. The maximum Gasteiger partial charge on any atom is 0.220 e. The monoisotopic (exact) mass is 812 g/mol. The van der Waals surface area contributed by atoms with E-state index in [0.29, 0.717) is 87.3 Å². The van der Waals surface area contributed by atoms with Crippen LogP contribution in [0.3, 0.4) is 0 Å². The van der Waals surface area contributed by atoms with Gasteiger partial charge in [-0.05, 0) is 52.9 Å². The van der Waals surface area contributed by atoms with Crippen LogP contribution in [-0.2, 0) is 19.1 Å². The summed E-state index contributed by atoms with van der Waals surface area (Å²) in [5.74, 6) is 0.379. The number of fused-ring (bicyclic) bond motifs is 2. The van der Waals surface area contributed by atoms with Crippen molar-refractivity contribution in [2.45, 2.75) is 100 Å². The first-order chi connectivity index (χ1) is 27.9. The first-order valence-electron chi connectivity index (χ1n) is 19.7. The highest BCUT2D eigenvalue weighted by molar-refractivity contribution is 5.82. The molecule has 58 heavy (non-hydrogen) atoms. The Morgan fingerprint density at radius 3 is 1.47 bits per heavy atom. The molecule has 2 aliphatic rings. The molecular weight excluding hydrogens is 756 g/mol. The zero-order valence-electron chi connectivity index (χ0n) is 32.9. The van der Waals surface area contributed by atoms with Gasteiger partial charge < -0.3 is 61.8 Å². The molecule has 318 valence electrons. The van der Waals surface area contributed by atoms with E-state index in [2.05, 4.69) is 40.5 Å².